The number of fused-ring (bicyclic) bond motifs is 1. The van der Waals surface area contributed by atoms with E-state index in [2.05, 4.69) is 36.4 Å². The summed E-state index contributed by atoms with van der Waals surface area (Å²) >= 11 is 0. The number of nitrogens with zero attached hydrogens (tertiary/aromatic N) is 3. The first kappa shape index (κ1) is 24.5. The zero-order valence-corrected chi connectivity index (χ0v) is 21.4. The Morgan fingerprint density at radius 1 is 1.08 bits per heavy atom. The van der Waals surface area contributed by atoms with Gasteiger partial charge in [-0.2, -0.15) is 5.10 Å². The van der Waals surface area contributed by atoms with E-state index in [1.807, 2.05) is 55.5 Å². The number of carbonyl (C=O) groups excluding carboxylic acids is 1. The fourth-order valence-electron chi connectivity index (χ4n) is 6.03. The van der Waals surface area contributed by atoms with Gasteiger partial charge in [0.05, 0.1) is 24.9 Å². The van der Waals surface area contributed by atoms with Crippen LogP contribution < -0.4 is 10.9 Å². The number of aromatic nitrogens is 3. The molecule has 3 N–H and O–H groups in total. The van der Waals surface area contributed by atoms with Gasteiger partial charge in [-0.1, -0.05) is 24.3 Å². The molecular formula is C29H32N6O3. The molecule has 0 radical (unpaired) electrons. The average molecular weight is 513 g/mol. The number of carbonyl (C=O) groups is 1. The minimum atomic E-state index is -0.959. The smallest absolute Gasteiger partial charge is 0.254 e. The van der Waals surface area contributed by atoms with Crippen molar-refractivity contribution in [2.75, 3.05) is 32.8 Å². The molecule has 4 heterocycles. The number of rotatable bonds is 6. The quantitative estimate of drug-likeness (QED) is 0.366. The molecule has 9 nitrogen and oxygen atoms in total. The van der Waals surface area contributed by atoms with Crippen LogP contribution in [0.4, 0.5) is 0 Å². The lowest BCUT2D eigenvalue weighted by Crippen LogP contribution is -2.69. The van der Waals surface area contributed by atoms with E-state index < -0.39 is 5.79 Å². The summed E-state index contributed by atoms with van der Waals surface area (Å²) in [7, 11) is 0. The van der Waals surface area contributed by atoms with Crippen molar-refractivity contribution < 1.29 is 9.53 Å². The average Bonchev–Trinajstić information content (AvgIpc) is 3.65. The van der Waals surface area contributed by atoms with E-state index in [0.29, 0.717) is 31.9 Å². The molecule has 4 aromatic rings. The Labute approximate surface area is 220 Å². The molecular weight excluding hydrogens is 480 g/mol. The van der Waals surface area contributed by atoms with Gasteiger partial charge in [0.25, 0.3) is 5.91 Å². The highest BCUT2D eigenvalue weighted by Crippen LogP contribution is 2.43. The number of benzene rings is 2. The van der Waals surface area contributed by atoms with Crippen LogP contribution in [0.3, 0.4) is 0 Å². The lowest BCUT2D eigenvalue weighted by Gasteiger charge is -2.53. The van der Waals surface area contributed by atoms with E-state index in [4.69, 9.17) is 4.74 Å². The van der Waals surface area contributed by atoms with Crippen molar-refractivity contribution in [2.24, 2.45) is 0 Å². The third-order valence-corrected chi connectivity index (χ3v) is 7.79. The second-order valence-corrected chi connectivity index (χ2v) is 10.0. The van der Waals surface area contributed by atoms with E-state index in [1.165, 1.54) is 0 Å². The molecule has 38 heavy (non-hydrogen) atoms. The van der Waals surface area contributed by atoms with Crippen molar-refractivity contribution in [3.05, 3.63) is 99.6 Å². The Kier molecular flexibility index (Phi) is 6.57. The SMILES string of the molecule is Cc1cc(=O)[nH]c2ccc(C(NC(=O)c3ccccc3)(N3CCOCC3)N3CCCC3c3ccn[nH]3)cc12. The van der Waals surface area contributed by atoms with Crippen LogP contribution in [-0.2, 0) is 10.5 Å². The summed E-state index contributed by atoms with van der Waals surface area (Å²) in [5.74, 6) is -1.11. The molecule has 2 atom stereocenters. The van der Waals surface area contributed by atoms with Gasteiger partial charge in [0, 0.05) is 53.9 Å². The van der Waals surface area contributed by atoms with Crippen LogP contribution in [0.25, 0.3) is 10.9 Å². The van der Waals surface area contributed by atoms with E-state index >= 15 is 0 Å². The summed E-state index contributed by atoms with van der Waals surface area (Å²) < 4.78 is 5.76. The predicted octanol–water partition coefficient (Wildman–Crippen LogP) is 3.27. The maximum atomic E-state index is 13.9. The van der Waals surface area contributed by atoms with Crippen molar-refractivity contribution in [3.8, 4) is 0 Å². The number of aromatic amines is 2. The summed E-state index contributed by atoms with van der Waals surface area (Å²) in [6.07, 6.45) is 3.70. The van der Waals surface area contributed by atoms with Crippen LogP contribution in [0.1, 0.15) is 46.1 Å². The summed E-state index contributed by atoms with van der Waals surface area (Å²) in [4.78, 5) is 33.8. The Hall–Kier alpha value is -3.79. The van der Waals surface area contributed by atoms with Crippen LogP contribution in [0.5, 0.6) is 0 Å². The van der Waals surface area contributed by atoms with Gasteiger partial charge in [0.1, 0.15) is 0 Å². The second-order valence-electron chi connectivity index (χ2n) is 10.0. The Balaban J connectivity index is 1.57. The van der Waals surface area contributed by atoms with Crippen LogP contribution >= 0.6 is 0 Å². The lowest BCUT2D eigenvalue weighted by atomic mass is 9.97. The molecule has 6 rings (SSSR count). The molecule has 2 fully saturated rings. The zero-order chi connectivity index (χ0) is 26.1. The summed E-state index contributed by atoms with van der Waals surface area (Å²) in [5, 5.41) is 11.9. The number of pyridine rings is 1. The number of hydrogen-bond donors (Lipinski definition) is 3. The topological polar surface area (TPSA) is 106 Å². The van der Waals surface area contributed by atoms with Crippen molar-refractivity contribution >= 4 is 16.8 Å². The number of aryl methyl sites for hydroxylation is 1. The number of hydrogen-bond acceptors (Lipinski definition) is 6. The monoisotopic (exact) mass is 512 g/mol. The maximum Gasteiger partial charge on any atom is 0.254 e. The third-order valence-electron chi connectivity index (χ3n) is 7.79. The largest absolute Gasteiger partial charge is 0.379 e. The summed E-state index contributed by atoms with van der Waals surface area (Å²) in [6, 6.07) is 19.1. The van der Waals surface area contributed by atoms with Crippen molar-refractivity contribution in [2.45, 2.75) is 31.6 Å². The number of nitrogens with one attached hydrogen (secondary N) is 3. The van der Waals surface area contributed by atoms with E-state index in [-0.39, 0.29) is 17.5 Å². The van der Waals surface area contributed by atoms with Crippen LogP contribution in [0.2, 0.25) is 0 Å². The van der Waals surface area contributed by atoms with Gasteiger partial charge < -0.3 is 15.0 Å². The van der Waals surface area contributed by atoms with Gasteiger partial charge in [-0.05, 0) is 55.7 Å². The molecule has 2 saturated heterocycles. The molecule has 2 aliphatic heterocycles. The van der Waals surface area contributed by atoms with Gasteiger partial charge in [-0.25, -0.2) is 0 Å². The Morgan fingerprint density at radius 2 is 1.89 bits per heavy atom. The van der Waals surface area contributed by atoms with Crippen molar-refractivity contribution in [1.82, 2.24) is 30.3 Å². The highest BCUT2D eigenvalue weighted by molar-refractivity contribution is 5.95. The minimum Gasteiger partial charge on any atom is -0.379 e. The molecule has 1 amide bonds. The van der Waals surface area contributed by atoms with Gasteiger partial charge in [0.2, 0.25) is 5.56 Å². The van der Waals surface area contributed by atoms with Gasteiger partial charge >= 0.3 is 0 Å². The zero-order valence-electron chi connectivity index (χ0n) is 21.4. The fraction of sp³-hybridized carbons (Fsp3) is 0.345. The van der Waals surface area contributed by atoms with Crippen LogP contribution in [-0.4, -0.2) is 63.7 Å². The molecule has 0 bridgehead atoms. The first-order valence-electron chi connectivity index (χ1n) is 13.2. The summed E-state index contributed by atoms with van der Waals surface area (Å²) in [5.41, 5.74) is 4.10. The maximum absolute atomic E-state index is 13.9. The predicted molar refractivity (Wildman–Crippen MR) is 145 cm³/mol. The molecule has 2 aliphatic rings. The highest BCUT2D eigenvalue weighted by atomic mass is 16.5. The second kappa shape index (κ2) is 10.2. The summed E-state index contributed by atoms with van der Waals surface area (Å²) in [6.45, 7) is 5.20. The Bertz CT molecular complexity index is 1480. The molecule has 0 saturated carbocycles. The van der Waals surface area contributed by atoms with E-state index in [9.17, 15) is 9.59 Å². The normalized spacial score (nSPS) is 20.4. The molecule has 196 valence electrons. The van der Waals surface area contributed by atoms with Gasteiger partial charge in [0.15, 0.2) is 5.79 Å². The molecule has 2 aromatic carbocycles. The van der Waals surface area contributed by atoms with E-state index in [0.717, 1.165) is 47.1 Å². The van der Waals surface area contributed by atoms with Gasteiger partial charge in [-0.15, -0.1) is 0 Å². The standard InChI is InChI=1S/C29H32N6O3/c1-20-18-27(36)31-24-10-9-22(19-23(20)24)29(34-14-16-38-17-15-34,32-28(37)21-6-3-2-4-7-21)35-13-5-8-26(35)25-11-12-30-33-25/h2-4,6-7,9-12,18-19,26H,5,8,13-17H2,1H3,(H,30,33)(H,31,36)(H,32,37). The van der Waals surface area contributed by atoms with Crippen molar-refractivity contribution in [1.29, 1.82) is 0 Å². The first-order valence-corrected chi connectivity index (χ1v) is 13.2. The number of morpholine rings is 1. The molecule has 9 heteroatoms. The van der Waals surface area contributed by atoms with Crippen LogP contribution in [0.15, 0.2) is 71.7 Å². The third kappa shape index (κ3) is 4.32. The number of H-pyrrole nitrogens is 2. The fourth-order valence-corrected chi connectivity index (χ4v) is 6.03. The van der Waals surface area contributed by atoms with Gasteiger partial charge in [-0.3, -0.25) is 24.5 Å². The molecule has 2 aromatic heterocycles. The van der Waals surface area contributed by atoms with Crippen LogP contribution in [0, 0.1) is 6.92 Å². The minimum absolute atomic E-state index is 0.0313. The van der Waals surface area contributed by atoms with E-state index in [1.54, 1.807) is 12.3 Å². The molecule has 0 spiro atoms. The number of amides is 1. The highest BCUT2D eigenvalue weighted by Gasteiger charge is 2.50. The molecule has 0 aliphatic carbocycles. The molecule has 2 unspecified atom stereocenters. The first-order chi connectivity index (χ1) is 18.6. The lowest BCUT2D eigenvalue weighted by molar-refractivity contribution is -0.128. The Morgan fingerprint density at radius 3 is 2.66 bits per heavy atom. The van der Waals surface area contributed by atoms with Crippen molar-refractivity contribution in [3.63, 3.8) is 0 Å². The number of likely N-dealkylation sites (tertiary alicyclic amines) is 1. The number of ether oxygens (including phenoxy) is 1.